The van der Waals surface area contributed by atoms with Gasteiger partial charge in [-0.3, -0.25) is 0 Å². The molecule has 6 heteroatoms. The molecule has 0 atom stereocenters. The first-order chi connectivity index (χ1) is 10.6. The Morgan fingerprint density at radius 3 is 2.59 bits per heavy atom. The minimum atomic E-state index is -1.07. The van der Waals surface area contributed by atoms with E-state index in [2.05, 4.69) is 0 Å². The Hall–Kier alpha value is -1.75. The quantitative estimate of drug-likeness (QED) is 0.689. The van der Waals surface area contributed by atoms with Gasteiger partial charge < -0.3 is 9.84 Å². The molecule has 112 valence electrons. The first-order valence-corrected chi connectivity index (χ1v) is 8.00. The van der Waals surface area contributed by atoms with Crippen LogP contribution in [0.1, 0.15) is 0 Å². The van der Waals surface area contributed by atoms with E-state index in [4.69, 9.17) is 33.0 Å². The summed E-state index contributed by atoms with van der Waals surface area (Å²) >= 11 is 14.0. The van der Waals surface area contributed by atoms with Gasteiger partial charge in [0.05, 0.1) is 9.72 Å². The second-order valence-electron chi connectivity index (χ2n) is 4.58. The molecule has 22 heavy (non-hydrogen) atoms. The zero-order valence-electron chi connectivity index (χ0n) is 11.2. The van der Waals surface area contributed by atoms with E-state index in [0.717, 1.165) is 21.2 Å². The minimum Gasteiger partial charge on any atom is -0.480 e. The molecule has 0 bridgehead atoms. The molecule has 3 rings (SSSR count). The SMILES string of the molecule is O=C(O)COc1cc2c(-c3ccccc3)csc2c(Cl)c1Cl. The van der Waals surface area contributed by atoms with Crippen LogP contribution >= 0.6 is 34.5 Å². The van der Waals surface area contributed by atoms with E-state index < -0.39 is 12.6 Å². The van der Waals surface area contributed by atoms with Gasteiger partial charge in [0.25, 0.3) is 0 Å². The van der Waals surface area contributed by atoms with Crippen molar-refractivity contribution in [3.05, 3.63) is 51.8 Å². The zero-order chi connectivity index (χ0) is 15.7. The van der Waals surface area contributed by atoms with Crippen LogP contribution in [-0.4, -0.2) is 17.7 Å². The lowest BCUT2D eigenvalue weighted by Crippen LogP contribution is -2.09. The number of benzene rings is 2. The van der Waals surface area contributed by atoms with Crippen molar-refractivity contribution >= 4 is 50.6 Å². The molecular formula is C16H10Cl2O3S. The molecule has 1 heterocycles. The molecule has 0 amide bonds. The number of ether oxygens (including phenoxy) is 1. The Morgan fingerprint density at radius 2 is 1.91 bits per heavy atom. The van der Waals surface area contributed by atoms with Crippen LogP contribution in [0.4, 0.5) is 0 Å². The van der Waals surface area contributed by atoms with Crippen molar-refractivity contribution in [1.82, 2.24) is 0 Å². The maximum absolute atomic E-state index is 10.7. The fraction of sp³-hybridized carbons (Fsp3) is 0.0625. The Labute approximate surface area is 140 Å². The highest BCUT2D eigenvalue weighted by Crippen LogP contribution is 2.45. The smallest absolute Gasteiger partial charge is 0.341 e. The van der Waals surface area contributed by atoms with Crippen LogP contribution in [0.3, 0.4) is 0 Å². The van der Waals surface area contributed by atoms with E-state index in [9.17, 15) is 4.79 Å². The summed E-state index contributed by atoms with van der Waals surface area (Å²) in [6, 6.07) is 11.6. The third kappa shape index (κ3) is 2.77. The number of carbonyl (C=O) groups is 1. The van der Waals surface area contributed by atoms with Crippen molar-refractivity contribution in [3.63, 3.8) is 0 Å². The Balaban J connectivity index is 2.15. The van der Waals surface area contributed by atoms with Gasteiger partial charge in [-0.15, -0.1) is 11.3 Å². The molecule has 0 saturated carbocycles. The highest BCUT2D eigenvalue weighted by molar-refractivity contribution is 7.18. The summed E-state index contributed by atoms with van der Waals surface area (Å²) in [4.78, 5) is 10.7. The van der Waals surface area contributed by atoms with Crippen molar-refractivity contribution in [1.29, 1.82) is 0 Å². The summed E-state index contributed by atoms with van der Waals surface area (Å²) in [6.07, 6.45) is 0. The number of carboxylic acids is 1. The van der Waals surface area contributed by atoms with Gasteiger partial charge >= 0.3 is 5.97 Å². The molecule has 0 aliphatic carbocycles. The fourth-order valence-corrected chi connectivity index (χ4v) is 3.76. The first kappa shape index (κ1) is 15.2. The van der Waals surface area contributed by atoms with Gasteiger partial charge in [-0.2, -0.15) is 0 Å². The normalized spacial score (nSPS) is 10.8. The average Bonchev–Trinajstić information content (AvgIpc) is 2.94. The number of fused-ring (bicyclic) bond motifs is 1. The molecule has 0 saturated heterocycles. The van der Waals surface area contributed by atoms with Gasteiger partial charge in [0.1, 0.15) is 10.8 Å². The molecule has 3 aromatic rings. The van der Waals surface area contributed by atoms with Crippen LogP contribution in [-0.2, 0) is 4.79 Å². The Bertz CT molecular complexity index is 843. The first-order valence-electron chi connectivity index (χ1n) is 6.37. The lowest BCUT2D eigenvalue weighted by molar-refractivity contribution is -0.139. The van der Waals surface area contributed by atoms with E-state index >= 15 is 0 Å². The van der Waals surface area contributed by atoms with E-state index in [1.165, 1.54) is 11.3 Å². The molecule has 1 aromatic heterocycles. The molecule has 0 spiro atoms. The molecule has 0 aliphatic heterocycles. The monoisotopic (exact) mass is 352 g/mol. The standard InChI is InChI=1S/C16H10Cl2O3S/c17-14-12(21-7-13(19)20)6-10-11(8-22-16(10)15(14)18)9-4-2-1-3-5-9/h1-6,8H,7H2,(H,19,20). The third-order valence-corrected chi connectivity index (χ3v) is 5.12. The number of aliphatic carboxylic acids is 1. The number of halogens is 2. The lowest BCUT2D eigenvalue weighted by Gasteiger charge is -2.09. The molecule has 3 nitrogen and oxygen atoms in total. The number of carboxylic acid groups (broad SMARTS) is 1. The molecule has 2 aromatic carbocycles. The van der Waals surface area contributed by atoms with Crippen LogP contribution in [0, 0.1) is 0 Å². The van der Waals surface area contributed by atoms with E-state index in [1.54, 1.807) is 6.07 Å². The van der Waals surface area contributed by atoms with Gasteiger partial charge in [-0.1, -0.05) is 53.5 Å². The van der Waals surface area contributed by atoms with Crippen LogP contribution in [0.5, 0.6) is 5.75 Å². The van der Waals surface area contributed by atoms with Crippen molar-refractivity contribution in [3.8, 4) is 16.9 Å². The zero-order valence-corrected chi connectivity index (χ0v) is 13.5. The summed E-state index contributed by atoms with van der Waals surface area (Å²) in [7, 11) is 0. The maximum atomic E-state index is 10.7. The summed E-state index contributed by atoms with van der Waals surface area (Å²) in [6.45, 7) is -0.466. The second kappa shape index (κ2) is 6.16. The van der Waals surface area contributed by atoms with Crippen LogP contribution < -0.4 is 4.74 Å². The highest BCUT2D eigenvalue weighted by atomic mass is 35.5. The van der Waals surface area contributed by atoms with Crippen LogP contribution in [0.2, 0.25) is 10.0 Å². The van der Waals surface area contributed by atoms with Crippen LogP contribution in [0.25, 0.3) is 21.2 Å². The van der Waals surface area contributed by atoms with Gasteiger partial charge in [0.2, 0.25) is 0 Å². The number of thiophene rings is 1. The number of hydrogen-bond donors (Lipinski definition) is 1. The van der Waals surface area contributed by atoms with Gasteiger partial charge in [-0.25, -0.2) is 4.79 Å². The number of hydrogen-bond acceptors (Lipinski definition) is 3. The lowest BCUT2D eigenvalue weighted by atomic mass is 10.0. The Kier molecular flexibility index (Phi) is 4.25. The van der Waals surface area contributed by atoms with E-state index in [0.29, 0.717) is 5.02 Å². The average molecular weight is 353 g/mol. The highest BCUT2D eigenvalue weighted by Gasteiger charge is 2.17. The number of rotatable bonds is 4. The second-order valence-corrected chi connectivity index (χ2v) is 6.21. The minimum absolute atomic E-state index is 0.233. The molecule has 0 radical (unpaired) electrons. The van der Waals surface area contributed by atoms with Gasteiger partial charge in [-0.05, 0) is 17.0 Å². The fourth-order valence-electron chi connectivity index (χ4n) is 2.17. The van der Waals surface area contributed by atoms with Crippen molar-refractivity contribution in [2.24, 2.45) is 0 Å². The molecule has 0 fully saturated rings. The summed E-state index contributed by atoms with van der Waals surface area (Å²) in [5.41, 5.74) is 2.07. The van der Waals surface area contributed by atoms with Gasteiger partial charge in [0.15, 0.2) is 6.61 Å². The van der Waals surface area contributed by atoms with E-state index in [1.807, 2.05) is 35.7 Å². The summed E-state index contributed by atoms with van der Waals surface area (Å²) < 4.78 is 6.09. The predicted octanol–water partition coefficient (Wildman–Crippen LogP) is 5.34. The van der Waals surface area contributed by atoms with Gasteiger partial charge in [0, 0.05) is 10.9 Å². The Morgan fingerprint density at radius 1 is 1.18 bits per heavy atom. The topological polar surface area (TPSA) is 46.5 Å². The largest absolute Gasteiger partial charge is 0.480 e. The predicted molar refractivity (Wildman–Crippen MR) is 90.4 cm³/mol. The third-order valence-electron chi connectivity index (χ3n) is 3.15. The summed E-state index contributed by atoms with van der Waals surface area (Å²) in [5.74, 6) is -0.793. The van der Waals surface area contributed by atoms with Crippen molar-refractivity contribution < 1.29 is 14.6 Å². The van der Waals surface area contributed by atoms with E-state index in [-0.39, 0.29) is 10.8 Å². The molecule has 1 N–H and O–H groups in total. The summed E-state index contributed by atoms with van der Waals surface area (Å²) in [5, 5.41) is 12.3. The van der Waals surface area contributed by atoms with Crippen molar-refractivity contribution in [2.75, 3.05) is 6.61 Å². The van der Waals surface area contributed by atoms with Crippen molar-refractivity contribution in [2.45, 2.75) is 0 Å². The molecule has 0 unspecified atom stereocenters. The molecule has 0 aliphatic rings. The maximum Gasteiger partial charge on any atom is 0.341 e. The molecular weight excluding hydrogens is 343 g/mol. The van der Waals surface area contributed by atoms with Crippen LogP contribution in [0.15, 0.2) is 41.8 Å².